The highest BCUT2D eigenvalue weighted by Crippen LogP contribution is 2.16. The second-order valence-corrected chi connectivity index (χ2v) is 6.82. The highest BCUT2D eigenvalue weighted by atomic mass is 28.4. The number of epoxide rings is 1. The minimum absolute atomic E-state index is 0.0369. The molecule has 0 aliphatic carbocycles. The standard InChI is InChI=1S/C9H19NO6Si/c1-13-17(14-2,15-3)5-4-10(9(11)12)6-8-7-16-8/h8H,4-7H2,1-3H3,(H,11,12). The van der Waals surface area contributed by atoms with Gasteiger partial charge in [-0.3, -0.25) is 0 Å². The van der Waals surface area contributed by atoms with Gasteiger partial charge in [-0.1, -0.05) is 0 Å². The molecule has 1 saturated heterocycles. The summed E-state index contributed by atoms with van der Waals surface area (Å²) in [6.45, 7) is 1.33. The Morgan fingerprint density at radius 2 is 1.94 bits per heavy atom. The summed E-state index contributed by atoms with van der Waals surface area (Å²) in [7, 11) is 1.82. The maximum absolute atomic E-state index is 11.0. The Morgan fingerprint density at radius 1 is 1.41 bits per heavy atom. The van der Waals surface area contributed by atoms with E-state index in [4.69, 9.17) is 23.1 Å². The number of carboxylic acid groups (broad SMARTS) is 1. The smallest absolute Gasteiger partial charge is 0.465 e. The van der Waals surface area contributed by atoms with Gasteiger partial charge in [0.2, 0.25) is 0 Å². The van der Waals surface area contributed by atoms with Crippen molar-refractivity contribution in [3.63, 3.8) is 0 Å². The number of carbonyl (C=O) groups is 1. The van der Waals surface area contributed by atoms with E-state index in [1.807, 2.05) is 0 Å². The van der Waals surface area contributed by atoms with E-state index in [-0.39, 0.29) is 6.10 Å². The first-order chi connectivity index (χ1) is 8.06. The first-order valence-electron chi connectivity index (χ1n) is 5.32. The van der Waals surface area contributed by atoms with Gasteiger partial charge in [-0.2, -0.15) is 0 Å². The van der Waals surface area contributed by atoms with Crippen LogP contribution in [0.25, 0.3) is 0 Å². The van der Waals surface area contributed by atoms with Crippen molar-refractivity contribution in [1.82, 2.24) is 4.90 Å². The average molecular weight is 265 g/mol. The lowest BCUT2D eigenvalue weighted by Crippen LogP contribution is -2.46. The first kappa shape index (κ1) is 14.4. The molecule has 100 valence electrons. The highest BCUT2D eigenvalue weighted by Gasteiger charge is 2.39. The van der Waals surface area contributed by atoms with Crippen LogP contribution in [0.15, 0.2) is 0 Å². The Balaban J connectivity index is 2.45. The molecule has 17 heavy (non-hydrogen) atoms. The van der Waals surface area contributed by atoms with Crippen LogP contribution in [0.4, 0.5) is 4.79 Å². The summed E-state index contributed by atoms with van der Waals surface area (Å²) in [4.78, 5) is 12.3. The monoisotopic (exact) mass is 265 g/mol. The molecule has 1 aliphatic rings. The molecule has 0 aromatic heterocycles. The summed E-state index contributed by atoms with van der Waals surface area (Å²) in [6, 6.07) is 0.426. The van der Waals surface area contributed by atoms with E-state index in [2.05, 4.69) is 0 Å². The predicted octanol–water partition coefficient (Wildman–Crippen LogP) is 0.243. The van der Waals surface area contributed by atoms with Gasteiger partial charge < -0.3 is 28.0 Å². The van der Waals surface area contributed by atoms with Crippen molar-refractivity contribution < 1.29 is 27.9 Å². The Kier molecular flexibility index (Phi) is 5.34. The minimum Gasteiger partial charge on any atom is -0.465 e. The van der Waals surface area contributed by atoms with Gasteiger partial charge >= 0.3 is 14.9 Å². The van der Waals surface area contributed by atoms with Crippen LogP contribution in [-0.2, 0) is 18.0 Å². The van der Waals surface area contributed by atoms with Crippen LogP contribution < -0.4 is 0 Å². The Bertz CT molecular complexity index is 248. The SMILES string of the molecule is CO[Si](CCN(CC1CO1)C(=O)O)(OC)OC. The van der Waals surface area contributed by atoms with Gasteiger partial charge in [0.25, 0.3) is 0 Å². The van der Waals surface area contributed by atoms with Crippen LogP contribution in [0.5, 0.6) is 0 Å². The maximum Gasteiger partial charge on any atom is 0.501 e. The lowest BCUT2D eigenvalue weighted by atomic mass is 10.4. The van der Waals surface area contributed by atoms with Gasteiger partial charge in [-0.25, -0.2) is 4.79 Å². The second kappa shape index (κ2) is 6.31. The summed E-state index contributed by atoms with van der Waals surface area (Å²) in [5.41, 5.74) is 0. The van der Waals surface area contributed by atoms with E-state index < -0.39 is 14.9 Å². The molecule has 1 N–H and O–H groups in total. The molecule has 8 heteroatoms. The predicted molar refractivity (Wildman–Crippen MR) is 60.9 cm³/mol. The molecule has 0 radical (unpaired) electrons. The van der Waals surface area contributed by atoms with Crippen LogP contribution in [0.1, 0.15) is 0 Å². The quantitative estimate of drug-likeness (QED) is 0.500. The molecule has 0 saturated carbocycles. The van der Waals surface area contributed by atoms with Crippen LogP contribution in [-0.4, -0.2) is 72.0 Å². The van der Waals surface area contributed by atoms with Crippen molar-refractivity contribution in [3.05, 3.63) is 0 Å². The minimum atomic E-state index is -2.70. The third-order valence-electron chi connectivity index (χ3n) is 2.72. The van der Waals surface area contributed by atoms with Crippen molar-refractivity contribution in [3.8, 4) is 0 Å². The van der Waals surface area contributed by atoms with E-state index in [9.17, 15) is 4.79 Å². The molecule has 1 fully saturated rings. The molecule has 1 unspecified atom stereocenters. The number of ether oxygens (including phenoxy) is 1. The fraction of sp³-hybridized carbons (Fsp3) is 0.889. The number of amides is 1. The Labute approximate surface area is 102 Å². The van der Waals surface area contributed by atoms with E-state index >= 15 is 0 Å². The van der Waals surface area contributed by atoms with Crippen molar-refractivity contribution >= 4 is 14.9 Å². The van der Waals surface area contributed by atoms with Crippen molar-refractivity contribution in [2.24, 2.45) is 0 Å². The van der Waals surface area contributed by atoms with Crippen LogP contribution in [0, 0.1) is 0 Å². The summed E-state index contributed by atoms with van der Waals surface area (Å²) in [6.07, 6.45) is -0.929. The summed E-state index contributed by atoms with van der Waals surface area (Å²) < 4.78 is 20.7. The maximum atomic E-state index is 11.0. The van der Waals surface area contributed by atoms with Gasteiger partial charge in [0, 0.05) is 33.9 Å². The molecule has 0 bridgehead atoms. The van der Waals surface area contributed by atoms with Crippen molar-refractivity contribution in [2.75, 3.05) is 41.0 Å². The zero-order valence-corrected chi connectivity index (χ0v) is 11.3. The van der Waals surface area contributed by atoms with Gasteiger partial charge in [-0.05, 0) is 0 Å². The molecule has 1 rings (SSSR count). The van der Waals surface area contributed by atoms with Gasteiger partial charge in [-0.15, -0.1) is 0 Å². The van der Waals surface area contributed by atoms with Crippen molar-refractivity contribution in [2.45, 2.75) is 12.1 Å². The van der Waals surface area contributed by atoms with E-state index in [0.717, 1.165) is 0 Å². The van der Waals surface area contributed by atoms with E-state index in [0.29, 0.717) is 25.7 Å². The zero-order chi connectivity index (χ0) is 12.9. The van der Waals surface area contributed by atoms with Crippen LogP contribution in [0.2, 0.25) is 6.04 Å². The Morgan fingerprint density at radius 3 is 2.29 bits per heavy atom. The third-order valence-corrected chi connectivity index (χ3v) is 5.42. The highest BCUT2D eigenvalue weighted by molar-refractivity contribution is 6.60. The average Bonchev–Trinajstić information content (AvgIpc) is 3.13. The molecule has 1 atom stereocenters. The molecular formula is C9H19NO6Si. The van der Waals surface area contributed by atoms with Crippen molar-refractivity contribution in [1.29, 1.82) is 0 Å². The fourth-order valence-corrected chi connectivity index (χ4v) is 3.17. The van der Waals surface area contributed by atoms with Crippen LogP contribution in [0.3, 0.4) is 0 Å². The van der Waals surface area contributed by atoms with Gasteiger partial charge in [0.15, 0.2) is 0 Å². The topological polar surface area (TPSA) is 80.8 Å². The number of nitrogens with zero attached hydrogens (tertiary/aromatic N) is 1. The summed E-state index contributed by atoms with van der Waals surface area (Å²) in [5, 5.41) is 9.03. The number of rotatable bonds is 8. The fourth-order valence-electron chi connectivity index (χ4n) is 1.51. The summed E-state index contributed by atoms with van der Waals surface area (Å²) in [5.74, 6) is 0. The van der Waals surface area contributed by atoms with Crippen LogP contribution >= 0.6 is 0 Å². The first-order valence-corrected chi connectivity index (χ1v) is 7.25. The molecule has 1 heterocycles. The number of hydrogen-bond donors (Lipinski definition) is 1. The van der Waals surface area contributed by atoms with Gasteiger partial charge in [0.1, 0.15) is 0 Å². The largest absolute Gasteiger partial charge is 0.501 e. The molecule has 0 aromatic rings. The third kappa shape index (κ3) is 4.24. The molecule has 0 spiro atoms. The lowest BCUT2D eigenvalue weighted by Gasteiger charge is -2.27. The van der Waals surface area contributed by atoms with E-state index in [1.54, 1.807) is 0 Å². The summed E-state index contributed by atoms with van der Waals surface area (Å²) >= 11 is 0. The second-order valence-electron chi connectivity index (χ2n) is 3.73. The molecule has 1 aliphatic heterocycles. The number of hydrogen-bond acceptors (Lipinski definition) is 5. The molecule has 7 nitrogen and oxygen atoms in total. The molecule has 0 aromatic carbocycles. The Hall–Kier alpha value is -0.673. The lowest BCUT2D eigenvalue weighted by molar-refractivity contribution is 0.113. The van der Waals surface area contributed by atoms with E-state index in [1.165, 1.54) is 26.2 Å². The normalized spacial score (nSPS) is 19.1. The zero-order valence-electron chi connectivity index (χ0n) is 10.3. The van der Waals surface area contributed by atoms with Gasteiger partial charge in [0.05, 0.1) is 19.3 Å². The molecule has 1 amide bonds. The molecular weight excluding hydrogens is 246 g/mol.